The van der Waals surface area contributed by atoms with E-state index < -0.39 is 12.5 Å². The van der Waals surface area contributed by atoms with Crippen molar-refractivity contribution in [2.75, 3.05) is 0 Å². The number of imidazole rings is 1. The molecule has 0 aliphatic rings. The van der Waals surface area contributed by atoms with Crippen LogP contribution in [-0.4, -0.2) is 20.5 Å². The normalized spacial score (nSPS) is 11.0. The number of para-hydroxylation sites is 2. The first-order valence-electron chi connectivity index (χ1n) is 6.49. The molecule has 1 aromatic carbocycles. The first-order valence-corrected chi connectivity index (χ1v) is 6.49. The van der Waals surface area contributed by atoms with E-state index >= 15 is 0 Å². The number of esters is 1. The summed E-state index contributed by atoms with van der Waals surface area (Å²) in [6.45, 7) is -3.12. The fourth-order valence-corrected chi connectivity index (χ4v) is 2.10. The van der Waals surface area contributed by atoms with Crippen LogP contribution in [0.15, 0.2) is 48.7 Å². The number of hydrogen-bond acceptors (Lipinski definition) is 4. The summed E-state index contributed by atoms with van der Waals surface area (Å²) >= 11 is 0. The van der Waals surface area contributed by atoms with E-state index in [0.717, 1.165) is 4.57 Å². The largest absolute Gasteiger partial charge is 0.453 e. The average Bonchev–Trinajstić information content (AvgIpc) is 2.92. The third-order valence-corrected chi connectivity index (χ3v) is 3.07. The highest BCUT2D eigenvalue weighted by Crippen LogP contribution is 2.23. The number of fused-ring (bicyclic) bond motifs is 1. The summed E-state index contributed by atoms with van der Waals surface area (Å²) in [5.74, 6) is -0.700. The first kappa shape index (κ1) is 14.1. The summed E-state index contributed by atoms with van der Waals surface area (Å²) in [7, 11) is 0. The smallest absolute Gasteiger partial charge is 0.357 e. The molecule has 0 bridgehead atoms. The molecule has 0 fully saturated rings. The average molecular weight is 303 g/mol. The van der Waals surface area contributed by atoms with E-state index in [2.05, 4.69) is 9.97 Å². The zero-order valence-electron chi connectivity index (χ0n) is 11.3. The maximum atomic E-state index is 13.2. The molecular weight excluding hydrogens is 292 g/mol. The van der Waals surface area contributed by atoms with Crippen molar-refractivity contribution >= 4 is 17.0 Å². The minimum Gasteiger partial charge on any atom is -0.453 e. The van der Waals surface area contributed by atoms with Crippen molar-refractivity contribution in [1.82, 2.24) is 14.5 Å². The van der Waals surface area contributed by atoms with Crippen molar-refractivity contribution in [2.24, 2.45) is 0 Å². The zero-order valence-corrected chi connectivity index (χ0v) is 11.3. The van der Waals surface area contributed by atoms with Crippen LogP contribution < -0.4 is 0 Å². The molecule has 0 saturated carbocycles. The number of rotatable bonds is 4. The first-order chi connectivity index (χ1) is 10.7. The second kappa shape index (κ2) is 5.88. The number of ether oxygens (including phenoxy) is 1. The number of nitrogens with zero attached hydrogens (tertiary/aromatic N) is 3. The van der Waals surface area contributed by atoms with Gasteiger partial charge in [0.15, 0.2) is 5.82 Å². The van der Waals surface area contributed by atoms with Gasteiger partial charge in [0.1, 0.15) is 12.3 Å². The molecule has 0 aliphatic heterocycles. The quantitative estimate of drug-likeness (QED) is 0.695. The van der Waals surface area contributed by atoms with Crippen LogP contribution >= 0.6 is 0 Å². The molecule has 5 nitrogen and oxygen atoms in total. The molecule has 3 rings (SSSR count). The summed E-state index contributed by atoms with van der Waals surface area (Å²) < 4.78 is 32.2. The third-order valence-electron chi connectivity index (χ3n) is 3.07. The predicted molar refractivity (Wildman–Crippen MR) is 74.3 cm³/mol. The van der Waals surface area contributed by atoms with Crippen LogP contribution in [0.25, 0.3) is 11.0 Å². The minimum atomic E-state index is -2.77. The minimum absolute atomic E-state index is 0.0134. The van der Waals surface area contributed by atoms with Crippen molar-refractivity contribution in [3.05, 3.63) is 60.2 Å². The lowest BCUT2D eigenvalue weighted by atomic mass is 10.3. The molecule has 0 atom stereocenters. The fraction of sp³-hybridized carbons (Fsp3) is 0.133. The summed E-state index contributed by atoms with van der Waals surface area (Å²) in [6.07, 6.45) is 1.45. The van der Waals surface area contributed by atoms with E-state index in [9.17, 15) is 13.6 Å². The maximum Gasteiger partial charge on any atom is 0.357 e. The Hall–Kier alpha value is -2.83. The Labute approximate surface area is 124 Å². The Balaban J connectivity index is 1.85. The molecule has 0 spiro atoms. The number of carbonyl (C=O) groups excluding carboxylic acids is 1. The molecule has 0 unspecified atom stereocenters. The van der Waals surface area contributed by atoms with Gasteiger partial charge in [0, 0.05) is 6.20 Å². The summed E-state index contributed by atoms with van der Waals surface area (Å²) in [5, 5.41) is 0. The van der Waals surface area contributed by atoms with E-state index in [1.54, 1.807) is 36.4 Å². The molecule has 0 amide bonds. The maximum absolute atomic E-state index is 13.2. The number of benzene rings is 1. The SMILES string of the molecule is O=C(OCc1nc2ccccc2n1C(F)F)c1ccccn1. The topological polar surface area (TPSA) is 57.0 Å². The Bertz CT molecular complexity index is 803. The second-order valence-electron chi connectivity index (χ2n) is 4.46. The van der Waals surface area contributed by atoms with Gasteiger partial charge in [-0.05, 0) is 24.3 Å². The summed E-state index contributed by atoms with van der Waals surface area (Å²) in [5.41, 5.74) is 0.829. The molecule has 112 valence electrons. The lowest BCUT2D eigenvalue weighted by Crippen LogP contribution is -2.11. The zero-order chi connectivity index (χ0) is 15.5. The fourth-order valence-electron chi connectivity index (χ4n) is 2.10. The number of pyridine rings is 1. The highest BCUT2D eigenvalue weighted by atomic mass is 19.3. The molecule has 0 saturated heterocycles. The van der Waals surface area contributed by atoms with Gasteiger partial charge in [-0.2, -0.15) is 8.78 Å². The molecule has 0 aliphatic carbocycles. The molecule has 0 N–H and O–H groups in total. The van der Waals surface area contributed by atoms with E-state index in [1.165, 1.54) is 12.3 Å². The molecule has 0 radical (unpaired) electrons. The van der Waals surface area contributed by atoms with Crippen LogP contribution in [0.5, 0.6) is 0 Å². The van der Waals surface area contributed by atoms with Crippen molar-refractivity contribution in [3.63, 3.8) is 0 Å². The lowest BCUT2D eigenvalue weighted by molar-refractivity contribution is 0.0382. The molecule has 3 aromatic rings. The number of halogens is 2. The van der Waals surface area contributed by atoms with Gasteiger partial charge in [0.05, 0.1) is 11.0 Å². The number of aromatic nitrogens is 3. The standard InChI is InChI=1S/C15H11F2N3O2/c16-15(17)20-12-7-2-1-5-10(12)19-13(20)9-22-14(21)11-6-3-4-8-18-11/h1-8,15H,9H2. The lowest BCUT2D eigenvalue weighted by Gasteiger charge is -2.08. The van der Waals surface area contributed by atoms with Crippen molar-refractivity contribution in [3.8, 4) is 0 Å². The number of alkyl halides is 2. The van der Waals surface area contributed by atoms with Gasteiger partial charge in [-0.1, -0.05) is 18.2 Å². The van der Waals surface area contributed by atoms with Gasteiger partial charge >= 0.3 is 12.5 Å². The van der Waals surface area contributed by atoms with Crippen LogP contribution in [0.4, 0.5) is 8.78 Å². The summed E-state index contributed by atoms with van der Waals surface area (Å²) in [6, 6.07) is 11.3. The van der Waals surface area contributed by atoms with Crippen LogP contribution in [0, 0.1) is 0 Å². The van der Waals surface area contributed by atoms with Crippen molar-refractivity contribution in [2.45, 2.75) is 13.2 Å². The highest BCUT2D eigenvalue weighted by molar-refractivity contribution is 5.87. The third kappa shape index (κ3) is 2.65. The Morgan fingerprint density at radius 3 is 2.68 bits per heavy atom. The van der Waals surface area contributed by atoms with Gasteiger partial charge in [0.25, 0.3) is 0 Å². The van der Waals surface area contributed by atoms with Crippen LogP contribution in [0.1, 0.15) is 22.9 Å². The van der Waals surface area contributed by atoms with E-state index in [0.29, 0.717) is 11.0 Å². The van der Waals surface area contributed by atoms with Crippen molar-refractivity contribution < 1.29 is 18.3 Å². The molecule has 22 heavy (non-hydrogen) atoms. The van der Waals surface area contributed by atoms with Crippen LogP contribution in [0.3, 0.4) is 0 Å². The summed E-state index contributed by atoms with van der Waals surface area (Å²) in [4.78, 5) is 19.7. The Morgan fingerprint density at radius 1 is 1.18 bits per heavy atom. The number of hydrogen-bond donors (Lipinski definition) is 0. The Morgan fingerprint density at radius 2 is 1.95 bits per heavy atom. The van der Waals surface area contributed by atoms with E-state index in [-0.39, 0.29) is 18.1 Å². The molecule has 7 heteroatoms. The van der Waals surface area contributed by atoms with Crippen LogP contribution in [0.2, 0.25) is 0 Å². The monoisotopic (exact) mass is 303 g/mol. The van der Waals surface area contributed by atoms with Gasteiger partial charge in [0.2, 0.25) is 0 Å². The predicted octanol–water partition coefficient (Wildman–Crippen LogP) is 3.18. The Kier molecular flexibility index (Phi) is 3.78. The van der Waals surface area contributed by atoms with Crippen molar-refractivity contribution in [1.29, 1.82) is 0 Å². The van der Waals surface area contributed by atoms with Gasteiger partial charge in [-0.25, -0.2) is 14.8 Å². The van der Waals surface area contributed by atoms with Gasteiger partial charge in [-0.3, -0.25) is 4.57 Å². The molecule has 2 aromatic heterocycles. The highest BCUT2D eigenvalue weighted by Gasteiger charge is 2.19. The number of carbonyl (C=O) groups is 1. The second-order valence-corrected chi connectivity index (χ2v) is 4.46. The van der Waals surface area contributed by atoms with Crippen LogP contribution in [-0.2, 0) is 11.3 Å². The van der Waals surface area contributed by atoms with E-state index in [1.807, 2.05) is 0 Å². The molecular formula is C15H11F2N3O2. The van der Waals surface area contributed by atoms with E-state index in [4.69, 9.17) is 4.74 Å². The molecule has 2 heterocycles. The van der Waals surface area contributed by atoms with Gasteiger partial charge < -0.3 is 4.74 Å². The van der Waals surface area contributed by atoms with Gasteiger partial charge in [-0.15, -0.1) is 0 Å².